The molecule has 2 aromatic carbocycles. The SMILES string of the molecule is C[C@H](CN1CCN(C2=NS(=O)(=O)c3ccccc32)CC1)OC(=O)c1ccc(Br)cc1. The van der Waals surface area contributed by atoms with Crippen molar-refractivity contribution < 1.29 is 17.9 Å². The van der Waals surface area contributed by atoms with Crippen LogP contribution in [0.3, 0.4) is 0 Å². The lowest BCUT2D eigenvalue weighted by Gasteiger charge is -2.36. The van der Waals surface area contributed by atoms with Crippen LogP contribution in [0.5, 0.6) is 0 Å². The number of carbonyl (C=O) groups excluding carboxylic acids is 1. The van der Waals surface area contributed by atoms with Crippen molar-refractivity contribution in [2.45, 2.75) is 17.9 Å². The van der Waals surface area contributed by atoms with E-state index >= 15 is 0 Å². The molecular weight excluding hydrogens is 470 g/mol. The molecule has 30 heavy (non-hydrogen) atoms. The summed E-state index contributed by atoms with van der Waals surface area (Å²) in [5.74, 6) is 0.190. The third-order valence-electron chi connectivity index (χ3n) is 5.19. The van der Waals surface area contributed by atoms with Crippen LogP contribution in [-0.2, 0) is 14.8 Å². The van der Waals surface area contributed by atoms with Gasteiger partial charge in [-0.15, -0.1) is 4.40 Å². The number of nitrogens with zero attached hydrogens (tertiary/aromatic N) is 3. The highest BCUT2D eigenvalue weighted by atomic mass is 79.9. The number of carbonyl (C=O) groups is 1. The number of ether oxygens (including phenoxy) is 1. The molecule has 0 bridgehead atoms. The Labute approximate surface area is 184 Å². The first-order chi connectivity index (χ1) is 14.3. The predicted molar refractivity (Wildman–Crippen MR) is 117 cm³/mol. The summed E-state index contributed by atoms with van der Waals surface area (Å²) in [7, 11) is -3.61. The van der Waals surface area contributed by atoms with Crippen LogP contribution in [0.2, 0.25) is 0 Å². The van der Waals surface area contributed by atoms with E-state index in [1.807, 2.05) is 30.0 Å². The molecule has 2 heterocycles. The number of amidine groups is 1. The Morgan fingerprint density at radius 3 is 2.47 bits per heavy atom. The first-order valence-electron chi connectivity index (χ1n) is 9.72. The van der Waals surface area contributed by atoms with E-state index in [1.54, 1.807) is 30.3 Å². The lowest BCUT2D eigenvalue weighted by atomic mass is 10.1. The largest absolute Gasteiger partial charge is 0.458 e. The van der Waals surface area contributed by atoms with E-state index in [-0.39, 0.29) is 17.0 Å². The Morgan fingerprint density at radius 2 is 1.77 bits per heavy atom. The zero-order valence-corrected chi connectivity index (χ0v) is 18.9. The van der Waals surface area contributed by atoms with Crippen molar-refractivity contribution in [2.75, 3.05) is 32.7 Å². The van der Waals surface area contributed by atoms with Crippen LogP contribution >= 0.6 is 15.9 Å². The fourth-order valence-corrected chi connectivity index (χ4v) is 5.19. The highest BCUT2D eigenvalue weighted by molar-refractivity contribution is 9.10. The predicted octanol–water partition coefficient (Wildman–Crippen LogP) is 2.76. The molecule has 0 amide bonds. The van der Waals surface area contributed by atoms with Crippen molar-refractivity contribution in [2.24, 2.45) is 4.40 Å². The summed E-state index contributed by atoms with van der Waals surface area (Å²) in [6, 6.07) is 14.0. The van der Waals surface area contributed by atoms with Crippen molar-refractivity contribution in [3.63, 3.8) is 0 Å². The minimum atomic E-state index is -3.61. The third-order valence-corrected chi connectivity index (χ3v) is 7.04. The van der Waals surface area contributed by atoms with Crippen LogP contribution < -0.4 is 0 Å². The summed E-state index contributed by atoms with van der Waals surface area (Å²) < 4.78 is 35.0. The highest BCUT2D eigenvalue weighted by Crippen LogP contribution is 2.27. The summed E-state index contributed by atoms with van der Waals surface area (Å²) in [6.45, 7) is 5.30. The molecule has 0 N–H and O–H groups in total. The molecule has 158 valence electrons. The quantitative estimate of drug-likeness (QED) is 0.611. The molecule has 4 rings (SSSR count). The normalized spacial score (nSPS) is 19.1. The number of esters is 1. The summed E-state index contributed by atoms with van der Waals surface area (Å²) in [4.78, 5) is 16.8. The summed E-state index contributed by atoms with van der Waals surface area (Å²) in [5.41, 5.74) is 1.19. The summed E-state index contributed by atoms with van der Waals surface area (Å²) >= 11 is 3.35. The van der Waals surface area contributed by atoms with E-state index in [2.05, 4.69) is 25.2 Å². The van der Waals surface area contributed by atoms with Crippen LogP contribution in [0.25, 0.3) is 0 Å². The minimum Gasteiger partial charge on any atom is -0.458 e. The molecule has 0 unspecified atom stereocenters. The molecule has 0 saturated carbocycles. The summed E-state index contributed by atoms with van der Waals surface area (Å²) in [6.07, 6.45) is -0.252. The molecule has 7 nitrogen and oxygen atoms in total. The molecule has 1 fully saturated rings. The second-order valence-corrected chi connectivity index (χ2v) is 9.88. The molecule has 1 saturated heterocycles. The van der Waals surface area contributed by atoms with Gasteiger partial charge in [-0.2, -0.15) is 8.42 Å². The second kappa shape index (κ2) is 8.49. The van der Waals surface area contributed by atoms with Crippen LogP contribution in [0.1, 0.15) is 22.8 Å². The molecule has 1 atom stereocenters. The van der Waals surface area contributed by atoms with Gasteiger partial charge in [-0.3, -0.25) is 4.90 Å². The Bertz CT molecular complexity index is 1080. The first kappa shape index (κ1) is 21.0. The topological polar surface area (TPSA) is 79.3 Å². The maximum atomic E-state index is 12.3. The van der Waals surface area contributed by atoms with Crippen molar-refractivity contribution in [1.82, 2.24) is 9.80 Å². The number of benzene rings is 2. The molecule has 2 aliphatic rings. The summed E-state index contributed by atoms with van der Waals surface area (Å²) in [5, 5.41) is 0. The van der Waals surface area contributed by atoms with Gasteiger partial charge in [0, 0.05) is 42.8 Å². The Morgan fingerprint density at radius 1 is 1.10 bits per heavy atom. The van der Waals surface area contributed by atoms with Gasteiger partial charge in [0.25, 0.3) is 10.0 Å². The van der Waals surface area contributed by atoms with E-state index < -0.39 is 10.0 Å². The van der Waals surface area contributed by atoms with Gasteiger partial charge in [-0.1, -0.05) is 28.1 Å². The molecule has 2 aromatic rings. The van der Waals surface area contributed by atoms with Crippen molar-refractivity contribution in [3.05, 3.63) is 64.1 Å². The highest BCUT2D eigenvalue weighted by Gasteiger charge is 2.33. The lowest BCUT2D eigenvalue weighted by molar-refractivity contribution is 0.0221. The molecule has 0 aliphatic carbocycles. The number of piperazine rings is 1. The second-order valence-electron chi connectivity index (χ2n) is 7.40. The van der Waals surface area contributed by atoms with Crippen molar-refractivity contribution in [1.29, 1.82) is 0 Å². The molecule has 9 heteroatoms. The monoisotopic (exact) mass is 491 g/mol. The average molecular weight is 492 g/mol. The fourth-order valence-electron chi connectivity index (χ4n) is 3.70. The number of hydrogen-bond donors (Lipinski definition) is 0. The van der Waals surface area contributed by atoms with E-state index in [0.29, 0.717) is 36.6 Å². The van der Waals surface area contributed by atoms with Crippen molar-refractivity contribution in [3.8, 4) is 0 Å². The molecular formula is C21H22BrN3O4S. The van der Waals surface area contributed by atoms with Gasteiger partial charge in [-0.05, 0) is 43.3 Å². The Hall–Kier alpha value is -2.23. The lowest BCUT2D eigenvalue weighted by Crippen LogP contribution is -2.50. The van der Waals surface area contributed by atoms with Gasteiger partial charge in [0.1, 0.15) is 11.0 Å². The number of fused-ring (bicyclic) bond motifs is 1. The number of hydrogen-bond acceptors (Lipinski definition) is 6. The van der Waals surface area contributed by atoms with Gasteiger partial charge in [0.05, 0.1) is 5.56 Å². The number of sulfonamides is 1. The van der Waals surface area contributed by atoms with Crippen LogP contribution in [0.4, 0.5) is 0 Å². The zero-order valence-electron chi connectivity index (χ0n) is 16.5. The maximum absolute atomic E-state index is 12.3. The van der Waals surface area contributed by atoms with E-state index in [1.165, 1.54) is 0 Å². The van der Waals surface area contributed by atoms with Crippen LogP contribution in [0.15, 0.2) is 62.3 Å². The third kappa shape index (κ3) is 4.43. The van der Waals surface area contributed by atoms with Gasteiger partial charge in [0.2, 0.25) is 0 Å². The number of rotatable bonds is 4. The van der Waals surface area contributed by atoms with Crippen LogP contribution in [0, 0.1) is 0 Å². The molecule has 2 aliphatic heterocycles. The van der Waals surface area contributed by atoms with Crippen molar-refractivity contribution >= 4 is 37.8 Å². The van der Waals surface area contributed by atoms with Gasteiger partial charge in [-0.25, -0.2) is 4.79 Å². The molecule has 0 spiro atoms. The van der Waals surface area contributed by atoms with E-state index in [0.717, 1.165) is 17.6 Å². The standard InChI is InChI=1S/C21H22BrN3O4S/c1-15(29-21(26)16-6-8-17(22)9-7-16)14-24-10-12-25(13-11-24)20-18-4-2-3-5-19(18)30(27,28)23-20/h2-9,15H,10-14H2,1H3/t15-/m1/s1. The molecule has 0 aromatic heterocycles. The molecule has 0 radical (unpaired) electrons. The minimum absolute atomic E-state index is 0.252. The first-order valence-corrected chi connectivity index (χ1v) is 11.9. The van der Waals surface area contributed by atoms with Gasteiger partial charge >= 0.3 is 5.97 Å². The number of halogens is 1. The Kier molecular flexibility index (Phi) is 5.95. The maximum Gasteiger partial charge on any atom is 0.338 e. The van der Waals surface area contributed by atoms with Gasteiger partial charge in [0.15, 0.2) is 5.84 Å². The fraction of sp³-hybridized carbons (Fsp3) is 0.333. The Balaban J connectivity index is 1.32. The van der Waals surface area contributed by atoms with E-state index in [4.69, 9.17) is 4.74 Å². The average Bonchev–Trinajstić information content (AvgIpc) is 3.00. The van der Waals surface area contributed by atoms with E-state index in [9.17, 15) is 13.2 Å². The smallest absolute Gasteiger partial charge is 0.338 e. The zero-order chi connectivity index (χ0) is 21.3. The van der Waals surface area contributed by atoms with Gasteiger partial charge < -0.3 is 9.64 Å². The van der Waals surface area contributed by atoms with Crippen LogP contribution in [-0.4, -0.2) is 68.9 Å².